The average molecular weight is 137 g/mol. The van der Waals surface area contributed by atoms with Crippen LogP contribution >= 0.6 is 0 Å². The summed E-state index contributed by atoms with van der Waals surface area (Å²) in [5.74, 6) is -0.362. The summed E-state index contributed by atoms with van der Waals surface area (Å²) in [7, 11) is 0. The Balaban J connectivity index is 2.86. The summed E-state index contributed by atoms with van der Waals surface area (Å²) in [5.41, 5.74) is 0.528. The van der Waals surface area contributed by atoms with Gasteiger partial charge in [0.15, 0.2) is 5.65 Å². The van der Waals surface area contributed by atoms with Gasteiger partial charge >= 0.3 is 0 Å². The number of halogens is 1. The Bertz CT molecular complexity index is 355. The molecule has 0 saturated carbocycles. The molecule has 0 radical (unpaired) electrons. The number of hydrogen-bond acceptors (Lipinski definition) is 2. The standard InChI is InChI=1S/C6H4FN3/c7-5-3-6-8-1-2-10(6)9-4-5/h1-4H. The summed E-state index contributed by atoms with van der Waals surface area (Å²) < 4.78 is 13.9. The first kappa shape index (κ1) is 5.34. The summed E-state index contributed by atoms with van der Waals surface area (Å²) in [5, 5.41) is 3.72. The van der Waals surface area contributed by atoms with E-state index in [4.69, 9.17) is 0 Å². The molecule has 0 unspecified atom stereocenters. The molecule has 0 saturated heterocycles. The minimum Gasteiger partial charge on any atom is -0.235 e. The Morgan fingerprint density at radius 2 is 2.40 bits per heavy atom. The number of aromatic nitrogens is 3. The van der Waals surface area contributed by atoms with Crippen molar-refractivity contribution in [3.8, 4) is 0 Å². The fourth-order valence-corrected chi connectivity index (χ4v) is 0.787. The summed E-state index contributed by atoms with van der Waals surface area (Å²) in [6, 6.07) is 1.33. The first-order chi connectivity index (χ1) is 4.86. The van der Waals surface area contributed by atoms with Crippen LogP contribution in [0.2, 0.25) is 0 Å². The molecule has 2 heterocycles. The summed E-state index contributed by atoms with van der Waals surface area (Å²) in [6.07, 6.45) is 4.38. The van der Waals surface area contributed by atoms with E-state index in [1.807, 2.05) is 0 Å². The second kappa shape index (κ2) is 1.76. The molecule has 0 spiro atoms. The van der Waals surface area contributed by atoms with Crippen LogP contribution in [0.5, 0.6) is 0 Å². The molecule has 0 fully saturated rings. The lowest BCUT2D eigenvalue weighted by Gasteiger charge is -1.88. The Morgan fingerprint density at radius 1 is 1.50 bits per heavy atom. The number of rotatable bonds is 0. The van der Waals surface area contributed by atoms with Gasteiger partial charge in [0.25, 0.3) is 0 Å². The maximum Gasteiger partial charge on any atom is 0.156 e. The molecule has 4 heteroatoms. The van der Waals surface area contributed by atoms with Crippen LogP contribution in [0.1, 0.15) is 0 Å². The molecule has 3 nitrogen and oxygen atoms in total. The Kier molecular flexibility index (Phi) is 0.943. The molecular weight excluding hydrogens is 133 g/mol. The second-order valence-corrected chi connectivity index (χ2v) is 1.90. The third-order valence-corrected chi connectivity index (χ3v) is 1.22. The van der Waals surface area contributed by atoms with Gasteiger partial charge in [-0.2, -0.15) is 5.10 Å². The average Bonchev–Trinajstić information content (AvgIpc) is 2.33. The van der Waals surface area contributed by atoms with Gasteiger partial charge in [0.05, 0.1) is 6.20 Å². The van der Waals surface area contributed by atoms with Gasteiger partial charge < -0.3 is 0 Å². The van der Waals surface area contributed by atoms with Gasteiger partial charge in [-0.15, -0.1) is 0 Å². The van der Waals surface area contributed by atoms with Crippen LogP contribution < -0.4 is 0 Å². The van der Waals surface area contributed by atoms with Gasteiger partial charge in [-0.3, -0.25) is 0 Å². The highest BCUT2D eigenvalue weighted by atomic mass is 19.1. The molecule has 0 amide bonds. The number of nitrogens with zero attached hydrogens (tertiary/aromatic N) is 3. The fraction of sp³-hybridized carbons (Fsp3) is 0. The van der Waals surface area contributed by atoms with Gasteiger partial charge in [0.2, 0.25) is 0 Å². The van der Waals surface area contributed by atoms with Crippen LogP contribution in [-0.4, -0.2) is 14.6 Å². The molecule has 10 heavy (non-hydrogen) atoms. The largest absolute Gasteiger partial charge is 0.235 e. The van der Waals surface area contributed by atoms with E-state index in [2.05, 4.69) is 10.1 Å². The van der Waals surface area contributed by atoms with Crippen molar-refractivity contribution < 1.29 is 4.39 Å². The number of hydrogen-bond donors (Lipinski definition) is 0. The molecule has 0 aliphatic carbocycles. The summed E-state index contributed by atoms with van der Waals surface area (Å²) in [4.78, 5) is 3.84. The van der Waals surface area contributed by atoms with Crippen molar-refractivity contribution in [3.63, 3.8) is 0 Å². The highest BCUT2D eigenvalue weighted by Gasteiger charge is 1.94. The van der Waals surface area contributed by atoms with E-state index >= 15 is 0 Å². The lowest BCUT2D eigenvalue weighted by Crippen LogP contribution is -1.89. The summed E-state index contributed by atoms with van der Waals surface area (Å²) in [6.45, 7) is 0. The molecule has 2 rings (SSSR count). The van der Waals surface area contributed by atoms with E-state index in [0.29, 0.717) is 5.65 Å². The third-order valence-electron chi connectivity index (χ3n) is 1.22. The van der Waals surface area contributed by atoms with E-state index < -0.39 is 0 Å². The van der Waals surface area contributed by atoms with Crippen molar-refractivity contribution in [3.05, 3.63) is 30.5 Å². The summed E-state index contributed by atoms with van der Waals surface area (Å²) >= 11 is 0. The Morgan fingerprint density at radius 3 is 3.30 bits per heavy atom. The zero-order valence-electron chi connectivity index (χ0n) is 5.03. The zero-order chi connectivity index (χ0) is 6.97. The zero-order valence-corrected chi connectivity index (χ0v) is 5.03. The molecule has 0 aliphatic rings. The predicted molar refractivity (Wildman–Crippen MR) is 32.9 cm³/mol. The maximum atomic E-state index is 12.4. The van der Waals surface area contributed by atoms with E-state index in [1.165, 1.54) is 10.6 Å². The monoisotopic (exact) mass is 137 g/mol. The van der Waals surface area contributed by atoms with E-state index in [1.54, 1.807) is 12.4 Å². The van der Waals surface area contributed by atoms with Crippen molar-refractivity contribution in [2.24, 2.45) is 0 Å². The van der Waals surface area contributed by atoms with Crippen molar-refractivity contribution in [1.82, 2.24) is 14.6 Å². The Hall–Kier alpha value is -1.45. The van der Waals surface area contributed by atoms with Crippen molar-refractivity contribution in [2.75, 3.05) is 0 Å². The number of fused-ring (bicyclic) bond motifs is 1. The maximum absolute atomic E-state index is 12.4. The van der Waals surface area contributed by atoms with Gasteiger partial charge in [-0.1, -0.05) is 0 Å². The molecule has 0 N–H and O–H groups in total. The van der Waals surface area contributed by atoms with Crippen molar-refractivity contribution in [1.29, 1.82) is 0 Å². The smallest absolute Gasteiger partial charge is 0.156 e. The van der Waals surface area contributed by atoms with Gasteiger partial charge in [0.1, 0.15) is 5.82 Å². The second-order valence-electron chi connectivity index (χ2n) is 1.90. The van der Waals surface area contributed by atoms with Gasteiger partial charge in [0, 0.05) is 18.5 Å². The lowest BCUT2D eigenvalue weighted by atomic mass is 10.5. The van der Waals surface area contributed by atoms with Crippen LogP contribution in [0.25, 0.3) is 5.65 Å². The Labute approximate surface area is 56.1 Å². The quantitative estimate of drug-likeness (QED) is 0.539. The van der Waals surface area contributed by atoms with E-state index in [9.17, 15) is 4.39 Å². The highest BCUT2D eigenvalue weighted by molar-refractivity contribution is 5.35. The minimum absolute atomic E-state index is 0.362. The molecule has 2 aromatic heterocycles. The molecule has 50 valence electrons. The molecular formula is C6H4FN3. The van der Waals surface area contributed by atoms with Crippen LogP contribution in [0.15, 0.2) is 24.7 Å². The van der Waals surface area contributed by atoms with E-state index in [-0.39, 0.29) is 5.82 Å². The van der Waals surface area contributed by atoms with Crippen LogP contribution in [0, 0.1) is 5.82 Å². The molecule has 0 aliphatic heterocycles. The molecule has 0 aromatic carbocycles. The van der Waals surface area contributed by atoms with Gasteiger partial charge in [-0.05, 0) is 0 Å². The first-order valence-corrected chi connectivity index (χ1v) is 2.81. The van der Waals surface area contributed by atoms with Crippen LogP contribution in [0.3, 0.4) is 0 Å². The van der Waals surface area contributed by atoms with Crippen molar-refractivity contribution in [2.45, 2.75) is 0 Å². The highest BCUT2D eigenvalue weighted by Crippen LogP contribution is 1.99. The topological polar surface area (TPSA) is 30.2 Å². The fourth-order valence-electron chi connectivity index (χ4n) is 0.787. The van der Waals surface area contributed by atoms with Crippen LogP contribution in [-0.2, 0) is 0 Å². The molecule has 0 atom stereocenters. The first-order valence-electron chi connectivity index (χ1n) is 2.81. The SMILES string of the molecule is Fc1cnn2ccnc2c1. The third kappa shape index (κ3) is 0.655. The van der Waals surface area contributed by atoms with E-state index in [0.717, 1.165) is 6.20 Å². The van der Waals surface area contributed by atoms with Crippen molar-refractivity contribution >= 4 is 5.65 Å². The minimum atomic E-state index is -0.362. The normalized spacial score (nSPS) is 10.5. The molecule has 0 bridgehead atoms. The lowest BCUT2D eigenvalue weighted by molar-refractivity contribution is 0.614. The van der Waals surface area contributed by atoms with Crippen LogP contribution in [0.4, 0.5) is 4.39 Å². The van der Waals surface area contributed by atoms with Gasteiger partial charge in [-0.25, -0.2) is 13.9 Å². The number of imidazole rings is 1. The molecule has 2 aromatic rings. The predicted octanol–water partition coefficient (Wildman–Crippen LogP) is 0.868.